The lowest BCUT2D eigenvalue weighted by Crippen LogP contribution is -2.12. The minimum atomic E-state index is -1.03. The zero-order chi connectivity index (χ0) is 11.3. The molecule has 1 atom stereocenters. The third-order valence-corrected chi connectivity index (χ3v) is 1.77. The quantitative estimate of drug-likeness (QED) is 0.643. The largest absolute Gasteiger partial charge is 0.393 e. The van der Waals surface area contributed by atoms with Gasteiger partial charge in [0.1, 0.15) is 6.10 Å². The van der Waals surface area contributed by atoms with Crippen LogP contribution in [-0.4, -0.2) is 32.7 Å². The topological polar surface area (TPSA) is 95.3 Å². The van der Waals surface area contributed by atoms with Crippen LogP contribution in [0.4, 0.5) is 5.82 Å². The number of hydrogen-bond donors (Lipinski definition) is 3. The van der Waals surface area contributed by atoms with Gasteiger partial charge in [-0.3, -0.25) is 9.78 Å². The lowest BCUT2D eigenvalue weighted by atomic mass is 10.3. The molecule has 0 aliphatic heterocycles. The van der Waals surface area contributed by atoms with Gasteiger partial charge in [0.05, 0.1) is 24.7 Å². The highest BCUT2D eigenvalue weighted by atomic mass is 16.3. The summed E-state index contributed by atoms with van der Waals surface area (Å²) >= 11 is 0. The van der Waals surface area contributed by atoms with E-state index in [1.54, 1.807) is 6.92 Å². The predicted octanol–water partition coefficient (Wildman–Crippen LogP) is -0.149. The van der Waals surface area contributed by atoms with Crippen molar-refractivity contribution in [3.8, 4) is 0 Å². The Morgan fingerprint density at radius 2 is 2.27 bits per heavy atom. The van der Waals surface area contributed by atoms with Crippen molar-refractivity contribution in [3.05, 3.63) is 18.1 Å². The number of nitrogens with one attached hydrogen (secondary N) is 1. The molecule has 15 heavy (non-hydrogen) atoms. The summed E-state index contributed by atoms with van der Waals surface area (Å²) in [5, 5.41) is 20.4. The number of hydrogen-bond acceptors (Lipinski definition) is 5. The summed E-state index contributed by atoms with van der Waals surface area (Å²) in [6.45, 7) is 1.32. The standard InChI is InChI=1S/C9H13N3O3/c1-2-9(15)12-8-4-10-6(3-11-8)7(14)5-13/h3-4,7,13-14H,2,5H2,1H3,(H,11,12,15)/t7-/m1/s1. The second-order valence-electron chi connectivity index (χ2n) is 2.93. The van der Waals surface area contributed by atoms with Crippen molar-refractivity contribution in [2.24, 2.45) is 0 Å². The van der Waals surface area contributed by atoms with Gasteiger partial charge in [-0.2, -0.15) is 0 Å². The molecule has 0 spiro atoms. The van der Waals surface area contributed by atoms with E-state index in [9.17, 15) is 9.90 Å². The summed E-state index contributed by atoms with van der Waals surface area (Å²) in [6, 6.07) is 0. The number of rotatable bonds is 4. The third-order valence-electron chi connectivity index (χ3n) is 1.77. The molecule has 1 aromatic heterocycles. The molecule has 1 rings (SSSR count). The van der Waals surface area contributed by atoms with Gasteiger partial charge in [0, 0.05) is 6.42 Å². The average molecular weight is 211 g/mol. The van der Waals surface area contributed by atoms with Gasteiger partial charge in [0.2, 0.25) is 5.91 Å². The molecule has 1 aromatic rings. The predicted molar refractivity (Wildman–Crippen MR) is 53.0 cm³/mol. The lowest BCUT2D eigenvalue weighted by molar-refractivity contribution is -0.115. The number of carbonyl (C=O) groups is 1. The van der Waals surface area contributed by atoms with Crippen molar-refractivity contribution in [1.82, 2.24) is 9.97 Å². The van der Waals surface area contributed by atoms with E-state index in [4.69, 9.17) is 5.11 Å². The Kier molecular flexibility index (Phi) is 4.14. The molecule has 82 valence electrons. The maximum Gasteiger partial charge on any atom is 0.225 e. The Bertz CT molecular complexity index is 326. The SMILES string of the molecule is CCC(=O)Nc1cnc([C@H](O)CO)cn1. The summed E-state index contributed by atoms with van der Waals surface area (Å²) in [5.41, 5.74) is 0.270. The highest BCUT2D eigenvalue weighted by Crippen LogP contribution is 2.09. The minimum absolute atomic E-state index is 0.153. The Morgan fingerprint density at radius 3 is 2.73 bits per heavy atom. The normalized spacial score (nSPS) is 12.2. The fraction of sp³-hybridized carbons (Fsp3) is 0.444. The molecule has 0 saturated carbocycles. The molecular weight excluding hydrogens is 198 g/mol. The maximum absolute atomic E-state index is 11.0. The van der Waals surface area contributed by atoms with Gasteiger partial charge in [0.25, 0.3) is 0 Å². The highest BCUT2D eigenvalue weighted by Gasteiger charge is 2.08. The summed E-state index contributed by atoms with van der Waals surface area (Å²) < 4.78 is 0. The first-order valence-corrected chi connectivity index (χ1v) is 4.58. The first-order chi connectivity index (χ1) is 7.17. The Labute approximate surface area is 87.0 Å². The average Bonchev–Trinajstić information content (AvgIpc) is 2.29. The third kappa shape index (κ3) is 3.26. The second kappa shape index (κ2) is 5.38. The second-order valence-corrected chi connectivity index (χ2v) is 2.93. The van der Waals surface area contributed by atoms with E-state index in [1.807, 2.05) is 0 Å². The number of aliphatic hydroxyl groups excluding tert-OH is 2. The number of aliphatic hydroxyl groups is 2. The fourth-order valence-corrected chi connectivity index (χ4v) is 0.899. The molecule has 1 amide bonds. The molecule has 1 heterocycles. The molecule has 6 heteroatoms. The van der Waals surface area contributed by atoms with Crippen LogP contribution in [0.3, 0.4) is 0 Å². The summed E-state index contributed by atoms with van der Waals surface area (Å²) in [7, 11) is 0. The van der Waals surface area contributed by atoms with Gasteiger partial charge >= 0.3 is 0 Å². The molecule has 0 radical (unpaired) electrons. The monoisotopic (exact) mass is 211 g/mol. The molecule has 3 N–H and O–H groups in total. The van der Waals surface area contributed by atoms with Gasteiger partial charge in [-0.05, 0) is 0 Å². The van der Waals surface area contributed by atoms with Crippen LogP contribution in [-0.2, 0) is 4.79 Å². The zero-order valence-corrected chi connectivity index (χ0v) is 8.34. The number of carbonyl (C=O) groups excluding carboxylic acids is 1. The molecule has 0 aliphatic rings. The van der Waals surface area contributed by atoms with Crippen LogP contribution in [0.1, 0.15) is 25.1 Å². The van der Waals surface area contributed by atoms with E-state index in [0.29, 0.717) is 12.2 Å². The van der Waals surface area contributed by atoms with E-state index in [0.717, 1.165) is 0 Å². The molecule has 0 aliphatic carbocycles. The highest BCUT2D eigenvalue weighted by molar-refractivity contribution is 5.89. The summed E-state index contributed by atoms with van der Waals surface area (Å²) in [6.07, 6.45) is 1.98. The van der Waals surface area contributed by atoms with Crippen molar-refractivity contribution in [2.75, 3.05) is 11.9 Å². The van der Waals surface area contributed by atoms with Crippen molar-refractivity contribution < 1.29 is 15.0 Å². The summed E-state index contributed by atoms with van der Waals surface area (Å²) in [4.78, 5) is 18.7. The van der Waals surface area contributed by atoms with Gasteiger partial charge in [-0.1, -0.05) is 6.92 Å². The van der Waals surface area contributed by atoms with Crippen LogP contribution in [0.5, 0.6) is 0 Å². The Hall–Kier alpha value is -1.53. The van der Waals surface area contributed by atoms with Crippen molar-refractivity contribution in [3.63, 3.8) is 0 Å². The molecule has 0 unspecified atom stereocenters. The van der Waals surface area contributed by atoms with E-state index in [2.05, 4.69) is 15.3 Å². The van der Waals surface area contributed by atoms with Gasteiger partial charge in [-0.25, -0.2) is 4.98 Å². The number of aromatic nitrogens is 2. The van der Waals surface area contributed by atoms with Gasteiger partial charge < -0.3 is 15.5 Å². The Balaban J connectivity index is 2.68. The first kappa shape index (κ1) is 11.5. The van der Waals surface area contributed by atoms with Crippen LogP contribution in [0.2, 0.25) is 0 Å². The maximum atomic E-state index is 11.0. The van der Waals surface area contributed by atoms with Crippen LogP contribution in [0.15, 0.2) is 12.4 Å². The van der Waals surface area contributed by atoms with E-state index >= 15 is 0 Å². The van der Waals surface area contributed by atoms with Crippen LogP contribution in [0.25, 0.3) is 0 Å². The van der Waals surface area contributed by atoms with E-state index in [1.165, 1.54) is 12.4 Å². The van der Waals surface area contributed by atoms with Crippen LogP contribution in [0, 0.1) is 0 Å². The molecule has 0 bridgehead atoms. The molecule has 0 fully saturated rings. The number of nitrogens with zero attached hydrogens (tertiary/aromatic N) is 2. The number of amides is 1. The Morgan fingerprint density at radius 1 is 1.53 bits per heavy atom. The molecular formula is C9H13N3O3. The summed E-state index contributed by atoms with van der Waals surface area (Å²) in [5.74, 6) is 0.176. The lowest BCUT2D eigenvalue weighted by Gasteiger charge is -2.06. The zero-order valence-electron chi connectivity index (χ0n) is 8.34. The van der Waals surface area contributed by atoms with E-state index in [-0.39, 0.29) is 11.6 Å². The molecule has 0 saturated heterocycles. The van der Waals surface area contributed by atoms with Crippen molar-refractivity contribution in [1.29, 1.82) is 0 Å². The van der Waals surface area contributed by atoms with Crippen LogP contribution >= 0.6 is 0 Å². The smallest absolute Gasteiger partial charge is 0.225 e. The minimum Gasteiger partial charge on any atom is -0.393 e. The number of anilines is 1. The van der Waals surface area contributed by atoms with Crippen molar-refractivity contribution >= 4 is 11.7 Å². The van der Waals surface area contributed by atoms with Crippen molar-refractivity contribution in [2.45, 2.75) is 19.4 Å². The van der Waals surface area contributed by atoms with Gasteiger partial charge in [-0.15, -0.1) is 0 Å². The van der Waals surface area contributed by atoms with Crippen LogP contribution < -0.4 is 5.32 Å². The first-order valence-electron chi connectivity index (χ1n) is 4.58. The molecule has 0 aromatic carbocycles. The van der Waals surface area contributed by atoms with E-state index < -0.39 is 12.7 Å². The van der Waals surface area contributed by atoms with Gasteiger partial charge in [0.15, 0.2) is 5.82 Å². The fourth-order valence-electron chi connectivity index (χ4n) is 0.899. The molecule has 6 nitrogen and oxygen atoms in total.